The van der Waals surface area contributed by atoms with Gasteiger partial charge in [-0.1, -0.05) is 24.3 Å². The lowest BCUT2D eigenvalue weighted by Gasteiger charge is -2.12. The van der Waals surface area contributed by atoms with Gasteiger partial charge in [0, 0.05) is 39.9 Å². The Bertz CT molecular complexity index is 1340. The van der Waals surface area contributed by atoms with Crippen molar-refractivity contribution in [1.82, 2.24) is 0 Å². The van der Waals surface area contributed by atoms with Gasteiger partial charge in [0.2, 0.25) is 5.91 Å². The highest BCUT2D eigenvalue weighted by molar-refractivity contribution is 6.05. The number of rotatable bonds is 7. The minimum atomic E-state index is -0.415. The van der Waals surface area contributed by atoms with Crippen LogP contribution in [0.25, 0.3) is 27.7 Å². The number of benzene rings is 3. The summed E-state index contributed by atoms with van der Waals surface area (Å²) in [6.07, 6.45) is 3.16. The second kappa shape index (κ2) is 9.61. The molecule has 1 N–H and O–H groups in total. The van der Waals surface area contributed by atoms with Crippen LogP contribution in [0.5, 0.6) is 11.5 Å². The van der Waals surface area contributed by atoms with Gasteiger partial charge >= 0.3 is 0 Å². The minimum Gasteiger partial charge on any atom is -0.496 e. The van der Waals surface area contributed by atoms with Crippen LogP contribution in [0.1, 0.15) is 19.4 Å². The first kappa shape index (κ1) is 22.1. The fourth-order valence-electron chi connectivity index (χ4n) is 3.73. The third kappa shape index (κ3) is 4.75. The average Bonchev–Trinajstić information content (AvgIpc) is 3.21. The fourth-order valence-corrected chi connectivity index (χ4v) is 3.73. The number of carbonyl (C=O) groups excluding carboxylic acids is 1. The number of amides is 1. The molecule has 4 aromatic rings. The molecule has 0 aliphatic heterocycles. The maximum Gasteiger partial charge on any atom is 0.248 e. The van der Waals surface area contributed by atoms with Gasteiger partial charge in [0.15, 0.2) is 0 Å². The maximum atomic E-state index is 13.4. The van der Waals surface area contributed by atoms with Crippen molar-refractivity contribution in [2.24, 2.45) is 0 Å². The highest BCUT2D eigenvalue weighted by atomic mass is 19.1. The predicted octanol–water partition coefficient (Wildman–Crippen LogP) is 6.69. The molecular formula is C27H24FNO4. The van der Waals surface area contributed by atoms with E-state index < -0.39 is 5.82 Å². The van der Waals surface area contributed by atoms with E-state index >= 15 is 0 Å². The highest BCUT2D eigenvalue weighted by Gasteiger charge is 2.17. The molecule has 0 bridgehead atoms. The van der Waals surface area contributed by atoms with Crippen molar-refractivity contribution in [2.45, 2.75) is 13.8 Å². The van der Waals surface area contributed by atoms with E-state index in [0.29, 0.717) is 29.2 Å². The molecular weight excluding hydrogens is 421 g/mol. The number of hydrogen-bond acceptors (Lipinski definition) is 4. The summed E-state index contributed by atoms with van der Waals surface area (Å²) < 4.78 is 30.6. The van der Waals surface area contributed by atoms with E-state index in [2.05, 4.69) is 5.32 Å². The molecule has 4 rings (SSSR count). The Morgan fingerprint density at radius 1 is 1.06 bits per heavy atom. The summed E-state index contributed by atoms with van der Waals surface area (Å²) in [4.78, 5) is 12.6. The first-order valence-corrected chi connectivity index (χ1v) is 10.6. The number of furan rings is 1. The van der Waals surface area contributed by atoms with E-state index in [1.54, 1.807) is 25.5 Å². The van der Waals surface area contributed by atoms with Crippen LogP contribution in [-0.2, 0) is 4.79 Å². The molecule has 0 unspecified atom stereocenters. The van der Waals surface area contributed by atoms with Gasteiger partial charge in [-0.25, -0.2) is 4.39 Å². The Labute approximate surface area is 191 Å². The van der Waals surface area contributed by atoms with E-state index in [-0.39, 0.29) is 5.91 Å². The molecule has 0 aliphatic carbocycles. The van der Waals surface area contributed by atoms with Gasteiger partial charge in [-0.15, -0.1) is 0 Å². The van der Waals surface area contributed by atoms with Crippen molar-refractivity contribution < 1.29 is 23.1 Å². The third-order valence-electron chi connectivity index (χ3n) is 5.24. The molecule has 0 radical (unpaired) electrons. The summed E-state index contributed by atoms with van der Waals surface area (Å²) in [5, 5.41) is 3.56. The van der Waals surface area contributed by atoms with Crippen LogP contribution in [0.15, 0.2) is 77.4 Å². The lowest BCUT2D eigenvalue weighted by Crippen LogP contribution is -2.09. The van der Waals surface area contributed by atoms with Crippen LogP contribution in [0.4, 0.5) is 10.1 Å². The van der Waals surface area contributed by atoms with Crippen LogP contribution in [0.3, 0.4) is 0 Å². The number of halogens is 1. The Balaban J connectivity index is 1.75. The molecule has 0 atom stereocenters. The Kier molecular flexibility index (Phi) is 6.45. The number of carbonyl (C=O) groups is 1. The monoisotopic (exact) mass is 445 g/mol. The molecule has 5 nitrogen and oxygen atoms in total. The summed E-state index contributed by atoms with van der Waals surface area (Å²) in [5.74, 6) is 0.565. The average molecular weight is 445 g/mol. The van der Waals surface area contributed by atoms with Crippen molar-refractivity contribution in [3.63, 3.8) is 0 Å². The second-order valence-corrected chi connectivity index (χ2v) is 7.45. The fraction of sp³-hybridized carbons (Fsp3) is 0.148. The van der Waals surface area contributed by atoms with Crippen molar-refractivity contribution in [1.29, 1.82) is 0 Å². The van der Waals surface area contributed by atoms with Crippen LogP contribution in [0.2, 0.25) is 0 Å². The topological polar surface area (TPSA) is 60.7 Å². The number of allylic oxidation sites excluding steroid dienone is 1. The van der Waals surface area contributed by atoms with Crippen LogP contribution in [0, 0.1) is 5.82 Å². The van der Waals surface area contributed by atoms with Crippen LogP contribution >= 0.6 is 0 Å². The van der Waals surface area contributed by atoms with Crippen LogP contribution in [-0.4, -0.2) is 19.6 Å². The minimum absolute atomic E-state index is 0.363. The summed E-state index contributed by atoms with van der Waals surface area (Å²) in [5.41, 5.74) is 4.29. The molecule has 168 valence electrons. The Morgan fingerprint density at radius 2 is 1.88 bits per heavy atom. The number of nitrogens with one attached hydrogen (secondary N) is 1. The van der Waals surface area contributed by atoms with Gasteiger partial charge in [-0.3, -0.25) is 4.79 Å². The van der Waals surface area contributed by atoms with E-state index in [4.69, 9.17) is 13.9 Å². The van der Waals surface area contributed by atoms with Crippen molar-refractivity contribution >= 4 is 28.1 Å². The standard InChI is InChI=1S/C27H24FNO4/c1-4-32-25-15-26-22(23(16-33-26)20-10-5-6-11-24(20)31-3)14-21(25)17(2)12-27(30)29-19-9-7-8-18(28)13-19/h5-16H,4H2,1-3H3,(H,29,30)/b17-12+. The van der Waals surface area contributed by atoms with Crippen molar-refractivity contribution in [2.75, 3.05) is 19.0 Å². The summed E-state index contributed by atoms with van der Waals surface area (Å²) in [7, 11) is 1.63. The normalized spacial score (nSPS) is 11.5. The molecule has 0 spiro atoms. The van der Waals surface area contributed by atoms with Gasteiger partial charge in [-0.05, 0) is 49.8 Å². The number of para-hydroxylation sites is 1. The van der Waals surface area contributed by atoms with Gasteiger partial charge in [0.1, 0.15) is 22.9 Å². The van der Waals surface area contributed by atoms with Gasteiger partial charge < -0.3 is 19.2 Å². The van der Waals surface area contributed by atoms with Crippen molar-refractivity contribution in [3.05, 3.63) is 84.4 Å². The lowest BCUT2D eigenvalue weighted by atomic mass is 9.98. The SMILES string of the molecule is CCOc1cc2occ(-c3ccccc3OC)c2cc1/C(C)=C/C(=O)Nc1cccc(F)c1. The van der Waals surface area contributed by atoms with E-state index in [1.807, 2.05) is 50.2 Å². The molecule has 33 heavy (non-hydrogen) atoms. The molecule has 0 saturated heterocycles. The molecule has 0 aliphatic rings. The molecule has 1 amide bonds. The van der Waals surface area contributed by atoms with Gasteiger partial charge in [-0.2, -0.15) is 0 Å². The smallest absolute Gasteiger partial charge is 0.248 e. The molecule has 0 saturated carbocycles. The van der Waals surface area contributed by atoms with Crippen LogP contribution < -0.4 is 14.8 Å². The Morgan fingerprint density at radius 3 is 2.64 bits per heavy atom. The largest absolute Gasteiger partial charge is 0.496 e. The maximum absolute atomic E-state index is 13.4. The number of ether oxygens (including phenoxy) is 2. The summed E-state index contributed by atoms with van der Waals surface area (Å²) in [6.45, 7) is 4.19. The van der Waals surface area contributed by atoms with E-state index in [9.17, 15) is 9.18 Å². The number of anilines is 1. The second-order valence-electron chi connectivity index (χ2n) is 7.45. The Hall–Kier alpha value is -4.06. The molecule has 1 heterocycles. The molecule has 0 fully saturated rings. The first-order chi connectivity index (χ1) is 16.0. The predicted molar refractivity (Wildman–Crippen MR) is 128 cm³/mol. The van der Waals surface area contributed by atoms with E-state index in [0.717, 1.165) is 27.8 Å². The quantitative estimate of drug-likeness (QED) is 0.322. The highest BCUT2D eigenvalue weighted by Crippen LogP contribution is 2.40. The zero-order valence-electron chi connectivity index (χ0n) is 18.6. The number of methoxy groups -OCH3 is 1. The zero-order valence-corrected chi connectivity index (χ0v) is 18.6. The van der Waals surface area contributed by atoms with E-state index in [1.165, 1.54) is 18.2 Å². The zero-order chi connectivity index (χ0) is 23.4. The third-order valence-corrected chi connectivity index (χ3v) is 5.24. The first-order valence-electron chi connectivity index (χ1n) is 10.6. The number of fused-ring (bicyclic) bond motifs is 1. The summed E-state index contributed by atoms with van der Waals surface area (Å²) in [6, 6.07) is 17.3. The lowest BCUT2D eigenvalue weighted by molar-refractivity contribution is -0.111. The van der Waals surface area contributed by atoms with Crippen molar-refractivity contribution in [3.8, 4) is 22.6 Å². The molecule has 6 heteroatoms. The van der Waals surface area contributed by atoms with Gasteiger partial charge in [0.25, 0.3) is 0 Å². The van der Waals surface area contributed by atoms with Gasteiger partial charge in [0.05, 0.1) is 20.0 Å². The molecule has 3 aromatic carbocycles. The molecule has 1 aromatic heterocycles. The summed E-state index contributed by atoms with van der Waals surface area (Å²) >= 11 is 0. The number of hydrogen-bond donors (Lipinski definition) is 1.